The average Bonchev–Trinajstić information content (AvgIpc) is 2.64. The smallest absolute Gasteiger partial charge is 0.342 e. The van der Waals surface area contributed by atoms with Crippen molar-refractivity contribution in [2.24, 2.45) is 0 Å². The summed E-state index contributed by atoms with van der Waals surface area (Å²) in [5, 5.41) is 1.98. The van der Waals surface area contributed by atoms with Crippen LogP contribution in [0.1, 0.15) is 10.4 Å². The van der Waals surface area contributed by atoms with Crippen molar-refractivity contribution in [3.8, 4) is 11.5 Å². The predicted molar refractivity (Wildman–Crippen MR) is 92.7 cm³/mol. The first-order valence-corrected chi connectivity index (χ1v) is 7.69. The van der Waals surface area contributed by atoms with Crippen molar-refractivity contribution in [1.29, 1.82) is 0 Å². The molecule has 0 fully saturated rings. The Morgan fingerprint density at radius 1 is 0.875 bits per heavy atom. The Hall–Kier alpha value is -3.01. The molecule has 0 atom stereocenters. The summed E-state index contributed by atoms with van der Waals surface area (Å²) in [6.07, 6.45) is 0. The minimum absolute atomic E-state index is 0.170. The van der Waals surface area contributed by atoms with Crippen molar-refractivity contribution in [1.82, 2.24) is 0 Å². The molecule has 24 heavy (non-hydrogen) atoms. The molecule has 4 heteroatoms. The molecule has 3 rings (SSSR count). The SMILES string of the molecule is COc1cc2ccccc2cc1C(=O)OCCOc1ccccc1. The predicted octanol–water partition coefficient (Wildman–Crippen LogP) is 4.08. The van der Waals surface area contributed by atoms with Crippen LogP contribution in [0.25, 0.3) is 10.8 Å². The van der Waals surface area contributed by atoms with E-state index in [1.807, 2.05) is 60.7 Å². The van der Waals surface area contributed by atoms with Gasteiger partial charge in [-0.1, -0.05) is 42.5 Å². The van der Waals surface area contributed by atoms with Crippen LogP contribution < -0.4 is 9.47 Å². The van der Waals surface area contributed by atoms with E-state index in [1.54, 1.807) is 13.2 Å². The maximum atomic E-state index is 12.3. The average molecular weight is 322 g/mol. The number of methoxy groups -OCH3 is 1. The lowest BCUT2D eigenvalue weighted by Gasteiger charge is -2.11. The normalized spacial score (nSPS) is 10.4. The van der Waals surface area contributed by atoms with Gasteiger partial charge in [0.05, 0.1) is 7.11 Å². The van der Waals surface area contributed by atoms with Crippen molar-refractivity contribution >= 4 is 16.7 Å². The summed E-state index contributed by atoms with van der Waals surface area (Å²) in [6, 6.07) is 20.8. The number of carbonyl (C=O) groups excluding carboxylic acids is 1. The summed E-state index contributed by atoms with van der Waals surface area (Å²) in [7, 11) is 1.54. The van der Waals surface area contributed by atoms with Crippen LogP contribution in [-0.2, 0) is 4.74 Å². The fraction of sp³-hybridized carbons (Fsp3) is 0.150. The number of ether oxygens (including phenoxy) is 3. The van der Waals surface area contributed by atoms with Gasteiger partial charge in [0.15, 0.2) is 0 Å². The second-order valence-corrected chi connectivity index (χ2v) is 5.20. The Kier molecular flexibility index (Phi) is 4.96. The molecule has 0 radical (unpaired) electrons. The molecule has 3 aromatic carbocycles. The van der Waals surface area contributed by atoms with Gasteiger partial charge in [0, 0.05) is 0 Å². The molecule has 0 aliphatic heterocycles. The number of esters is 1. The number of hydrogen-bond donors (Lipinski definition) is 0. The van der Waals surface area contributed by atoms with Crippen LogP contribution in [0.3, 0.4) is 0 Å². The number of benzene rings is 3. The molecular formula is C20H18O4. The van der Waals surface area contributed by atoms with Crippen molar-refractivity contribution in [3.05, 3.63) is 72.3 Å². The quantitative estimate of drug-likeness (QED) is 0.506. The second kappa shape index (κ2) is 7.51. The Labute approximate surface area is 140 Å². The number of rotatable bonds is 6. The first kappa shape index (κ1) is 15.9. The molecule has 122 valence electrons. The van der Waals surface area contributed by atoms with Gasteiger partial charge in [-0.05, 0) is 35.0 Å². The van der Waals surface area contributed by atoms with E-state index in [0.717, 1.165) is 16.5 Å². The summed E-state index contributed by atoms with van der Waals surface area (Å²) >= 11 is 0. The largest absolute Gasteiger partial charge is 0.496 e. The number of hydrogen-bond acceptors (Lipinski definition) is 4. The van der Waals surface area contributed by atoms with Gasteiger partial charge in [0.2, 0.25) is 0 Å². The standard InChI is InChI=1S/C20H18O4/c1-22-19-14-16-8-6-5-7-15(16)13-18(19)20(21)24-12-11-23-17-9-3-2-4-10-17/h2-10,13-14H,11-12H2,1H3. The van der Waals surface area contributed by atoms with Crippen molar-refractivity contribution in [3.63, 3.8) is 0 Å². The van der Waals surface area contributed by atoms with Crippen LogP contribution in [0, 0.1) is 0 Å². The minimum atomic E-state index is -0.422. The lowest BCUT2D eigenvalue weighted by molar-refractivity contribution is 0.0447. The zero-order valence-corrected chi connectivity index (χ0v) is 13.4. The number of fused-ring (bicyclic) bond motifs is 1. The highest BCUT2D eigenvalue weighted by Gasteiger charge is 2.15. The molecule has 4 nitrogen and oxygen atoms in total. The van der Waals surface area contributed by atoms with Crippen LogP contribution in [0.2, 0.25) is 0 Å². The van der Waals surface area contributed by atoms with E-state index < -0.39 is 5.97 Å². The number of carbonyl (C=O) groups is 1. The minimum Gasteiger partial charge on any atom is -0.496 e. The molecule has 0 aliphatic carbocycles. The molecule has 0 aliphatic rings. The van der Waals surface area contributed by atoms with Gasteiger partial charge in [0.25, 0.3) is 0 Å². The van der Waals surface area contributed by atoms with Crippen LogP contribution in [-0.4, -0.2) is 26.3 Å². The number of para-hydroxylation sites is 1. The fourth-order valence-corrected chi connectivity index (χ4v) is 2.44. The fourth-order valence-electron chi connectivity index (χ4n) is 2.44. The lowest BCUT2D eigenvalue weighted by Crippen LogP contribution is -2.13. The molecule has 0 heterocycles. The molecule has 0 bridgehead atoms. The molecule has 0 spiro atoms. The van der Waals surface area contributed by atoms with Gasteiger partial charge < -0.3 is 14.2 Å². The molecule has 0 N–H and O–H groups in total. The van der Waals surface area contributed by atoms with E-state index in [-0.39, 0.29) is 6.61 Å². The molecule has 0 unspecified atom stereocenters. The van der Waals surface area contributed by atoms with E-state index in [4.69, 9.17) is 14.2 Å². The summed E-state index contributed by atoms with van der Waals surface area (Å²) < 4.78 is 16.1. The first-order chi connectivity index (χ1) is 11.8. The summed E-state index contributed by atoms with van der Waals surface area (Å²) in [6.45, 7) is 0.468. The second-order valence-electron chi connectivity index (χ2n) is 5.20. The van der Waals surface area contributed by atoms with Crippen LogP contribution in [0.15, 0.2) is 66.7 Å². The Balaban J connectivity index is 1.65. The Bertz CT molecular complexity index is 827. The topological polar surface area (TPSA) is 44.8 Å². The van der Waals surface area contributed by atoms with E-state index in [2.05, 4.69) is 0 Å². The molecule has 0 amide bonds. The highest BCUT2D eigenvalue weighted by molar-refractivity contribution is 5.98. The third kappa shape index (κ3) is 3.66. The summed E-state index contributed by atoms with van der Waals surface area (Å²) in [5.74, 6) is 0.828. The van der Waals surface area contributed by atoms with Gasteiger partial charge in [-0.2, -0.15) is 0 Å². The van der Waals surface area contributed by atoms with Crippen LogP contribution in [0.4, 0.5) is 0 Å². The van der Waals surface area contributed by atoms with E-state index in [1.165, 1.54) is 0 Å². The van der Waals surface area contributed by atoms with Crippen LogP contribution in [0.5, 0.6) is 11.5 Å². The maximum Gasteiger partial charge on any atom is 0.342 e. The summed E-state index contributed by atoms with van der Waals surface area (Å²) in [5.41, 5.74) is 0.413. The Morgan fingerprint density at radius 3 is 2.25 bits per heavy atom. The van der Waals surface area contributed by atoms with Gasteiger partial charge in [-0.15, -0.1) is 0 Å². The van der Waals surface area contributed by atoms with E-state index >= 15 is 0 Å². The van der Waals surface area contributed by atoms with Gasteiger partial charge in [-0.25, -0.2) is 4.79 Å². The van der Waals surface area contributed by atoms with Gasteiger partial charge in [-0.3, -0.25) is 0 Å². The van der Waals surface area contributed by atoms with Crippen molar-refractivity contribution < 1.29 is 19.0 Å². The lowest BCUT2D eigenvalue weighted by atomic mass is 10.1. The summed E-state index contributed by atoms with van der Waals surface area (Å²) in [4.78, 5) is 12.3. The third-order valence-electron chi connectivity index (χ3n) is 3.62. The molecule has 0 saturated carbocycles. The molecular weight excluding hydrogens is 304 g/mol. The monoisotopic (exact) mass is 322 g/mol. The Morgan fingerprint density at radius 2 is 1.54 bits per heavy atom. The molecule has 0 aromatic heterocycles. The van der Waals surface area contributed by atoms with Crippen molar-refractivity contribution in [2.45, 2.75) is 0 Å². The van der Waals surface area contributed by atoms with Crippen molar-refractivity contribution in [2.75, 3.05) is 20.3 Å². The van der Waals surface area contributed by atoms with Crippen LogP contribution >= 0.6 is 0 Å². The van der Waals surface area contributed by atoms with Gasteiger partial charge in [0.1, 0.15) is 30.3 Å². The third-order valence-corrected chi connectivity index (χ3v) is 3.62. The molecule has 3 aromatic rings. The molecule has 0 saturated heterocycles. The zero-order valence-electron chi connectivity index (χ0n) is 13.4. The first-order valence-electron chi connectivity index (χ1n) is 7.69. The van der Waals surface area contributed by atoms with E-state index in [9.17, 15) is 4.79 Å². The van der Waals surface area contributed by atoms with Gasteiger partial charge >= 0.3 is 5.97 Å². The highest BCUT2D eigenvalue weighted by atomic mass is 16.6. The highest BCUT2D eigenvalue weighted by Crippen LogP contribution is 2.26. The maximum absolute atomic E-state index is 12.3. The zero-order chi connectivity index (χ0) is 16.8. The van der Waals surface area contributed by atoms with E-state index in [0.29, 0.717) is 17.9 Å².